The van der Waals surface area contributed by atoms with Crippen molar-refractivity contribution in [1.29, 1.82) is 0 Å². The Morgan fingerprint density at radius 3 is 2.47 bits per heavy atom. The largest absolute Gasteiger partial charge is 0.376 e. The lowest BCUT2D eigenvalue weighted by atomic mass is 9.95. The first-order valence-electron chi connectivity index (χ1n) is 7.25. The first-order valence-corrected chi connectivity index (χ1v) is 7.25. The van der Waals surface area contributed by atoms with E-state index in [1.165, 1.54) is 0 Å². The first-order chi connectivity index (χ1) is 9.08. The zero-order valence-corrected chi connectivity index (χ0v) is 11.9. The second-order valence-corrected chi connectivity index (χ2v) is 5.63. The summed E-state index contributed by atoms with van der Waals surface area (Å²) in [5, 5.41) is 3.07. The van der Waals surface area contributed by atoms with Crippen molar-refractivity contribution >= 4 is 11.8 Å². The average molecular weight is 268 g/mol. The van der Waals surface area contributed by atoms with Crippen LogP contribution in [0.2, 0.25) is 0 Å². The molecule has 0 unspecified atom stereocenters. The third-order valence-electron chi connectivity index (χ3n) is 4.20. The van der Waals surface area contributed by atoms with Crippen LogP contribution in [0.15, 0.2) is 0 Å². The van der Waals surface area contributed by atoms with Gasteiger partial charge in [0.2, 0.25) is 11.8 Å². The summed E-state index contributed by atoms with van der Waals surface area (Å²) < 4.78 is 5.58. The van der Waals surface area contributed by atoms with Crippen molar-refractivity contribution in [2.45, 2.75) is 51.7 Å². The van der Waals surface area contributed by atoms with E-state index in [4.69, 9.17) is 4.74 Å². The fourth-order valence-electron chi connectivity index (χ4n) is 2.89. The van der Waals surface area contributed by atoms with Crippen molar-refractivity contribution in [3.63, 3.8) is 0 Å². The van der Waals surface area contributed by atoms with E-state index < -0.39 is 0 Å². The van der Waals surface area contributed by atoms with Crippen LogP contribution in [0.1, 0.15) is 39.5 Å². The van der Waals surface area contributed by atoms with Gasteiger partial charge >= 0.3 is 0 Å². The van der Waals surface area contributed by atoms with Crippen molar-refractivity contribution < 1.29 is 14.3 Å². The third-order valence-corrected chi connectivity index (χ3v) is 4.20. The fraction of sp³-hybridized carbons (Fsp3) is 0.857. The molecule has 2 atom stereocenters. The lowest BCUT2D eigenvalue weighted by molar-refractivity contribution is -0.134. The summed E-state index contributed by atoms with van der Waals surface area (Å²) in [5.74, 6) is 0.261. The number of hydrogen-bond acceptors (Lipinski definition) is 3. The summed E-state index contributed by atoms with van der Waals surface area (Å²) in [6.07, 6.45) is 3.82. The van der Waals surface area contributed by atoms with Crippen molar-refractivity contribution in [2.24, 2.45) is 5.92 Å². The Morgan fingerprint density at radius 2 is 1.95 bits per heavy atom. The smallest absolute Gasteiger partial charge is 0.223 e. The van der Waals surface area contributed by atoms with E-state index in [1.54, 1.807) is 6.92 Å². The molecule has 0 radical (unpaired) electrons. The molecule has 1 N–H and O–H groups in total. The Morgan fingerprint density at radius 1 is 1.26 bits per heavy atom. The molecule has 0 aromatic rings. The molecule has 2 amide bonds. The number of carbonyl (C=O) groups excluding carboxylic acids is 2. The second-order valence-electron chi connectivity index (χ2n) is 5.63. The average Bonchev–Trinajstić information content (AvgIpc) is 2.92. The van der Waals surface area contributed by atoms with Crippen molar-refractivity contribution in [3.8, 4) is 0 Å². The van der Waals surface area contributed by atoms with Crippen LogP contribution in [0.4, 0.5) is 0 Å². The second kappa shape index (κ2) is 6.37. The molecule has 5 heteroatoms. The molecule has 19 heavy (non-hydrogen) atoms. The highest BCUT2D eigenvalue weighted by Crippen LogP contribution is 2.19. The summed E-state index contributed by atoms with van der Waals surface area (Å²) in [5.41, 5.74) is 0. The fourth-order valence-corrected chi connectivity index (χ4v) is 2.89. The van der Waals surface area contributed by atoms with E-state index in [0.29, 0.717) is 13.1 Å². The summed E-state index contributed by atoms with van der Waals surface area (Å²) in [7, 11) is 0. The number of likely N-dealkylation sites (tertiary alicyclic amines) is 1. The van der Waals surface area contributed by atoms with Crippen molar-refractivity contribution in [1.82, 2.24) is 10.2 Å². The molecule has 108 valence electrons. The van der Waals surface area contributed by atoms with Crippen molar-refractivity contribution in [2.75, 3.05) is 19.7 Å². The number of hydrogen-bond donors (Lipinski definition) is 1. The Balaban J connectivity index is 1.76. The van der Waals surface area contributed by atoms with Gasteiger partial charge in [-0.15, -0.1) is 0 Å². The van der Waals surface area contributed by atoms with Crippen LogP contribution >= 0.6 is 0 Å². The van der Waals surface area contributed by atoms with Crippen LogP contribution in [0, 0.1) is 5.92 Å². The molecule has 2 aliphatic heterocycles. The van der Waals surface area contributed by atoms with Gasteiger partial charge in [0, 0.05) is 32.5 Å². The summed E-state index contributed by atoms with van der Waals surface area (Å²) in [6.45, 7) is 5.80. The zero-order chi connectivity index (χ0) is 13.8. The molecule has 2 heterocycles. The number of nitrogens with one attached hydrogen (secondary N) is 1. The monoisotopic (exact) mass is 268 g/mol. The lowest BCUT2D eigenvalue weighted by Gasteiger charge is -2.31. The van der Waals surface area contributed by atoms with E-state index in [9.17, 15) is 9.59 Å². The molecule has 2 fully saturated rings. The molecule has 5 nitrogen and oxygen atoms in total. The standard InChI is InChI=1S/C14H24N2O3/c1-10(13-4-3-9-19-13)15-14(18)12-5-7-16(8-6-12)11(2)17/h10,12-13H,3-9H2,1-2H3,(H,15,18)/t10-,13-/m1/s1. The van der Waals surface area contributed by atoms with Gasteiger partial charge in [-0.3, -0.25) is 9.59 Å². The Labute approximate surface area is 114 Å². The van der Waals surface area contributed by atoms with Gasteiger partial charge in [0.1, 0.15) is 0 Å². The van der Waals surface area contributed by atoms with Gasteiger partial charge in [0.05, 0.1) is 12.1 Å². The summed E-state index contributed by atoms with van der Waals surface area (Å²) in [4.78, 5) is 25.2. The van der Waals surface area contributed by atoms with Crippen molar-refractivity contribution in [3.05, 3.63) is 0 Å². The third kappa shape index (κ3) is 3.69. The van der Waals surface area contributed by atoms with E-state index in [1.807, 2.05) is 11.8 Å². The lowest BCUT2D eigenvalue weighted by Crippen LogP contribution is -2.47. The highest BCUT2D eigenvalue weighted by atomic mass is 16.5. The van der Waals surface area contributed by atoms with Crippen LogP contribution < -0.4 is 5.32 Å². The number of amides is 2. The minimum Gasteiger partial charge on any atom is -0.376 e. The van der Waals surface area contributed by atoms with Crippen LogP contribution in [-0.2, 0) is 14.3 Å². The van der Waals surface area contributed by atoms with Gasteiger partial charge in [-0.1, -0.05) is 0 Å². The molecule has 0 bridgehead atoms. The Bertz CT molecular complexity index is 332. The molecular formula is C14H24N2O3. The number of nitrogens with zero attached hydrogens (tertiary/aromatic N) is 1. The molecule has 2 aliphatic rings. The highest BCUT2D eigenvalue weighted by Gasteiger charge is 2.29. The molecule has 0 aliphatic carbocycles. The maximum Gasteiger partial charge on any atom is 0.223 e. The maximum atomic E-state index is 12.2. The molecule has 0 aromatic heterocycles. The summed E-state index contributed by atoms with van der Waals surface area (Å²) >= 11 is 0. The van der Waals surface area contributed by atoms with E-state index in [0.717, 1.165) is 32.3 Å². The van der Waals surface area contributed by atoms with Gasteiger partial charge in [0.15, 0.2) is 0 Å². The van der Waals surface area contributed by atoms with Gasteiger partial charge < -0.3 is 15.0 Å². The molecule has 0 saturated carbocycles. The highest BCUT2D eigenvalue weighted by molar-refractivity contribution is 5.79. The topological polar surface area (TPSA) is 58.6 Å². The predicted molar refractivity (Wildman–Crippen MR) is 71.6 cm³/mol. The normalized spacial score (nSPS) is 26.2. The number of piperidine rings is 1. The minimum absolute atomic E-state index is 0.0412. The number of ether oxygens (including phenoxy) is 1. The molecule has 0 aromatic carbocycles. The number of carbonyl (C=O) groups is 2. The molecule has 2 saturated heterocycles. The van der Waals surface area contributed by atoms with Gasteiger partial charge in [-0.05, 0) is 32.6 Å². The molecular weight excluding hydrogens is 244 g/mol. The van der Waals surface area contributed by atoms with Crippen LogP contribution in [0.3, 0.4) is 0 Å². The summed E-state index contributed by atoms with van der Waals surface area (Å²) in [6, 6.07) is 0.0841. The molecule has 2 rings (SSSR count). The Kier molecular flexibility index (Phi) is 4.80. The quantitative estimate of drug-likeness (QED) is 0.828. The van der Waals surface area contributed by atoms with Crippen LogP contribution in [0.5, 0.6) is 0 Å². The van der Waals surface area contributed by atoms with E-state index in [-0.39, 0.29) is 29.9 Å². The first kappa shape index (κ1) is 14.3. The maximum absolute atomic E-state index is 12.2. The zero-order valence-electron chi connectivity index (χ0n) is 11.9. The molecule has 0 spiro atoms. The number of rotatable bonds is 3. The van der Waals surface area contributed by atoms with Gasteiger partial charge in [-0.25, -0.2) is 0 Å². The van der Waals surface area contributed by atoms with Crippen LogP contribution in [-0.4, -0.2) is 48.6 Å². The predicted octanol–water partition coefficient (Wildman–Crippen LogP) is 0.929. The minimum atomic E-state index is 0.0412. The van der Waals surface area contributed by atoms with E-state index >= 15 is 0 Å². The van der Waals surface area contributed by atoms with E-state index in [2.05, 4.69) is 5.32 Å². The van der Waals surface area contributed by atoms with Crippen LogP contribution in [0.25, 0.3) is 0 Å². The van der Waals surface area contributed by atoms with Gasteiger partial charge in [0.25, 0.3) is 0 Å². The van der Waals surface area contributed by atoms with Gasteiger partial charge in [-0.2, -0.15) is 0 Å². The Hall–Kier alpha value is -1.10. The SMILES string of the molecule is CC(=O)N1CCC(C(=O)N[C@H](C)[C@H]2CCCO2)CC1.